The summed E-state index contributed by atoms with van der Waals surface area (Å²) in [6, 6.07) is 13.3. The van der Waals surface area contributed by atoms with Crippen LogP contribution in [0, 0.1) is 13.8 Å². The molecular formula is C26H21N3O4S. The molecule has 170 valence electrons. The number of methoxy groups -OCH3 is 1. The van der Waals surface area contributed by atoms with E-state index >= 15 is 0 Å². The highest BCUT2D eigenvalue weighted by atomic mass is 32.1. The number of carbonyl (C=O) groups excluding carboxylic acids is 2. The van der Waals surface area contributed by atoms with Crippen LogP contribution in [0.5, 0.6) is 5.75 Å². The molecule has 1 aliphatic heterocycles. The Balaban J connectivity index is 1.71. The number of carbonyl (C=O) groups is 2. The van der Waals surface area contributed by atoms with E-state index in [0.717, 1.165) is 21.3 Å². The number of pyridine rings is 1. The number of nitrogens with zero attached hydrogens (tertiary/aromatic N) is 3. The van der Waals surface area contributed by atoms with E-state index < -0.39 is 17.7 Å². The van der Waals surface area contributed by atoms with Crippen molar-refractivity contribution in [3.8, 4) is 5.75 Å². The van der Waals surface area contributed by atoms with Gasteiger partial charge in [-0.15, -0.1) is 0 Å². The summed E-state index contributed by atoms with van der Waals surface area (Å²) in [6.07, 6.45) is 3.18. The third kappa shape index (κ3) is 3.52. The largest absolute Gasteiger partial charge is 0.507 e. The van der Waals surface area contributed by atoms with Crippen molar-refractivity contribution in [1.29, 1.82) is 0 Å². The quantitative estimate of drug-likeness (QED) is 0.257. The second-order valence-corrected chi connectivity index (χ2v) is 9.11. The molecule has 0 bridgehead atoms. The average Bonchev–Trinajstić information content (AvgIpc) is 3.38. The Hall–Kier alpha value is -4.04. The van der Waals surface area contributed by atoms with E-state index in [1.165, 1.54) is 16.2 Å². The molecule has 2 aromatic heterocycles. The van der Waals surface area contributed by atoms with Crippen molar-refractivity contribution in [1.82, 2.24) is 9.97 Å². The molecule has 1 fully saturated rings. The Kier molecular flexibility index (Phi) is 5.37. The van der Waals surface area contributed by atoms with E-state index in [-0.39, 0.29) is 11.3 Å². The van der Waals surface area contributed by atoms with Crippen molar-refractivity contribution in [2.24, 2.45) is 0 Å². The number of hydrogen-bond donors (Lipinski definition) is 1. The number of aryl methyl sites for hydroxylation is 2. The zero-order valence-electron chi connectivity index (χ0n) is 18.8. The number of aromatic nitrogens is 2. The summed E-state index contributed by atoms with van der Waals surface area (Å²) in [5, 5.41) is 11.6. The number of anilines is 1. The Labute approximate surface area is 200 Å². The van der Waals surface area contributed by atoms with Gasteiger partial charge in [-0.25, -0.2) is 4.98 Å². The van der Waals surface area contributed by atoms with E-state index in [9.17, 15) is 14.7 Å². The molecule has 34 heavy (non-hydrogen) atoms. The number of amides is 1. The van der Waals surface area contributed by atoms with Gasteiger partial charge in [-0.1, -0.05) is 17.4 Å². The van der Waals surface area contributed by atoms with Crippen LogP contribution in [0.15, 0.2) is 66.5 Å². The fourth-order valence-corrected chi connectivity index (χ4v) is 5.43. The van der Waals surface area contributed by atoms with Gasteiger partial charge in [0.25, 0.3) is 5.78 Å². The lowest BCUT2D eigenvalue weighted by atomic mass is 9.96. The molecule has 1 saturated heterocycles. The molecule has 0 aliphatic carbocycles. The second-order valence-electron chi connectivity index (χ2n) is 8.10. The zero-order valence-corrected chi connectivity index (χ0v) is 19.6. The van der Waals surface area contributed by atoms with Gasteiger partial charge in [-0.2, -0.15) is 0 Å². The van der Waals surface area contributed by atoms with Crippen molar-refractivity contribution in [2.75, 3.05) is 12.0 Å². The third-order valence-corrected chi connectivity index (χ3v) is 6.86. The fourth-order valence-electron chi connectivity index (χ4n) is 4.26. The van der Waals surface area contributed by atoms with Crippen LogP contribution in [0.3, 0.4) is 0 Å². The van der Waals surface area contributed by atoms with Crippen molar-refractivity contribution < 1.29 is 19.4 Å². The molecule has 0 radical (unpaired) electrons. The first-order valence-corrected chi connectivity index (χ1v) is 11.4. The Morgan fingerprint density at radius 1 is 1.06 bits per heavy atom. The molecule has 0 saturated carbocycles. The smallest absolute Gasteiger partial charge is 0.301 e. The van der Waals surface area contributed by atoms with Crippen LogP contribution in [0.1, 0.15) is 28.3 Å². The summed E-state index contributed by atoms with van der Waals surface area (Å²) in [5.41, 5.74) is 3.94. The monoisotopic (exact) mass is 471 g/mol. The van der Waals surface area contributed by atoms with Crippen LogP contribution in [-0.2, 0) is 9.59 Å². The molecule has 1 unspecified atom stereocenters. The van der Waals surface area contributed by atoms with Gasteiger partial charge in [0, 0.05) is 18.0 Å². The van der Waals surface area contributed by atoms with Crippen LogP contribution >= 0.6 is 11.3 Å². The zero-order chi connectivity index (χ0) is 24.0. The molecule has 8 heteroatoms. The molecule has 7 nitrogen and oxygen atoms in total. The molecule has 2 aromatic carbocycles. The van der Waals surface area contributed by atoms with E-state index in [1.54, 1.807) is 55.9 Å². The molecule has 5 rings (SSSR count). The number of ether oxygens (including phenoxy) is 1. The Morgan fingerprint density at radius 2 is 1.76 bits per heavy atom. The molecule has 0 spiro atoms. The molecule has 1 aliphatic rings. The maximum Gasteiger partial charge on any atom is 0.301 e. The number of aliphatic hydroxyl groups is 1. The maximum atomic E-state index is 13.3. The van der Waals surface area contributed by atoms with Gasteiger partial charge in [0.05, 0.1) is 28.9 Å². The van der Waals surface area contributed by atoms with Gasteiger partial charge in [0.1, 0.15) is 11.5 Å². The molecule has 1 N–H and O–H groups in total. The summed E-state index contributed by atoms with van der Waals surface area (Å²) in [6.45, 7) is 3.97. The number of hydrogen-bond acceptors (Lipinski definition) is 7. The van der Waals surface area contributed by atoms with Crippen molar-refractivity contribution in [3.05, 3.63) is 88.8 Å². The first-order chi connectivity index (χ1) is 16.4. The summed E-state index contributed by atoms with van der Waals surface area (Å²) >= 11 is 1.35. The molecule has 3 heterocycles. The number of fused-ring (bicyclic) bond motifs is 1. The summed E-state index contributed by atoms with van der Waals surface area (Å²) in [7, 11) is 1.55. The lowest BCUT2D eigenvalue weighted by Gasteiger charge is -2.22. The van der Waals surface area contributed by atoms with Gasteiger partial charge in [0.2, 0.25) is 0 Å². The van der Waals surface area contributed by atoms with Gasteiger partial charge in [0.15, 0.2) is 5.13 Å². The predicted octanol–water partition coefficient (Wildman–Crippen LogP) is 4.94. The van der Waals surface area contributed by atoms with Gasteiger partial charge in [-0.05, 0) is 73.0 Å². The average molecular weight is 472 g/mol. The minimum atomic E-state index is -0.841. The van der Waals surface area contributed by atoms with Crippen LogP contribution in [-0.4, -0.2) is 33.9 Å². The summed E-state index contributed by atoms with van der Waals surface area (Å²) < 4.78 is 6.11. The van der Waals surface area contributed by atoms with Crippen molar-refractivity contribution in [2.45, 2.75) is 19.9 Å². The first-order valence-electron chi connectivity index (χ1n) is 10.6. The Morgan fingerprint density at radius 3 is 2.44 bits per heavy atom. The second kappa shape index (κ2) is 8.39. The topological polar surface area (TPSA) is 92.6 Å². The van der Waals surface area contributed by atoms with E-state index in [0.29, 0.717) is 22.0 Å². The Bertz CT molecular complexity index is 1460. The van der Waals surface area contributed by atoms with E-state index in [1.807, 2.05) is 26.0 Å². The number of benzene rings is 2. The lowest BCUT2D eigenvalue weighted by Crippen LogP contribution is -2.29. The van der Waals surface area contributed by atoms with E-state index in [2.05, 4.69) is 4.98 Å². The SMILES string of the molecule is COc1ccc(C(O)=C2C(=O)C(=O)N(c3nc4c(C)cc(C)cc4s3)C2c2ccncc2)cc1. The van der Waals surface area contributed by atoms with Crippen LogP contribution in [0.4, 0.5) is 5.13 Å². The van der Waals surface area contributed by atoms with Crippen molar-refractivity contribution in [3.63, 3.8) is 0 Å². The highest BCUT2D eigenvalue weighted by Crippen LogP contribution is 2.44. The van der Waals surface area contributed by atoms with Crippen LogP contribution in [0.2, 0.25) is 0 Å². The highest BCUT2D eigenvalue weighted by Gasteiger charge is 2.48. The first kappa shape index (κ1) is 21.8. The number of Topliss-reactive ketones (excluding diaryl/α,β-unsaturated/α-hetero) is 1. The summed E-state index contributed by atoms with van der Waals surface area (Å²) in [4.78, 5) is 36.8. The fraction of sp³-hybridized carbons (Fsp3) is 0.154. The molecule has 1 atom stereocenters. The normalized spacial score (nSPS) is 17.5. The number of rotatable bonds is 4. The van der Waals surface area contributed by atoms with Gasteiger partial charge >= 0.3 is 5.91 Å². The number of ketones is 1. The molecule has 1 amide bonds. The lowest BCUT2D eigenvalue weighted by molar-refractivity contribution is -0.132. The highest BCUT2D eigenvalue weighted by molar-refractivity contribution is 7.22. The molecule has 4 aromatic rings. The van der Waals surface area contributed by atoms with Gasteiger partial charge in [-0.3, -0.25) is 19.5 Å². The summed E-state index contributed by atoms with van der Waals surface area (Å²) in [5.74, 6) is -1.13. The van der Waals surface area contributed by atoms with Crippen molar-refractivity contribution >= 4 is 44.1 Å². The minimum absolute atomic E-state index is 0.00789. The standard InChI is InChI=1S/C26H21N3O4S/c1-14-12-15(2)21-19(13-14)34-26(28-21)29-22(16-8-10-27-11-9-16)20(24(31)25(29)32)23(30)17-4-6-18(33-3)7-5-17/h4-13,22,30H,1-3H3. The van der Waals surface area contributed by atoms with Crippen LogP contribution < -0.4 is 9.64 Å². The number of thiazole rings is 1. The van der Waals surface area contributed by atoms with Crippen LogP contribution in [0.25, 0.3) is 16.0 Å². The van der Waals surface area contributed by atoms with E-state index in [4.69, 9.17) is 9.72 Å². The minimum Gasteiger partial charge on any atom is -0.507 e. The molecular weight excluding hydrogens is 450 g/mol. The maximum absolute atomic E-state index is 13.3. The predicted molar refractivity (Wildman–Crippen MR) is 131 cm³/mol. The van der Waals surface area contributed by atoms with Gasteiger partial charge < -0.3 is 9.84 Å². The third-order valence-electron chi connectivity index (χ3n) is 5.85. The number of aliphatic hydroxyl groups excluding tert-OH is 1.